The fourth-order valence-electron chi connectivity index (χ4n) is 3.19. The molecule has 24 heavy (non-hydrogen) atoms. The van der Waals surface area contributed by atoms with Crippen LogP contribution < -0.4 is 0 Å². The summed E-state index contributed by atoms with van der Waals surface area (Å²) in [5.41, 5.74) is -0.530. The van der Waals surface area contributed by atoms with E-state index in [1.165, 1.54) is 23.1 Å². The smallest absolute Gasteiger partial charge is 0.254 e. The van der Waals surface area contributed by atoms with Gasteiger partial charge in [0.05, 0.1) is 13.2 Å². The van der Waals surface area contributed by atoms with Crippen LogP contribution in [0.4, 0.5) is 8.78 Å². The number of hydrogen-bond acceptors (Lipinski definition) is 2. The van der Waals surface area contributed by atoms with Crippen LogP contribution in [-0.2, 0) is 0 Å². The summed E-state index contributed by atoms with van der Waals surface area (Å²) in [5, 5.41) is 9.53. The molecule has 1 fully saturated rings. The van der Waals surface area contributed by atoms with Crippen LogP contribution in [-0.4, -0.2) is 41.3 Å². The van der Waals surface area contributed by atoms with Crippen molar-refractivity contribution in [2.45, 2.75) is 18.5 Å². The van der Waals surface area contributed by atoms with Gasteiger partial charge in [-0.15, -0.1) is 0 Å². The number of carbonyl (C=O) groups is 1. The second-order valence-corrected chi connectivity index (χ2v) is 6.31. The summed E-state index contributed by atoms with van der Waals surface area (Å²) >= 11 is 0. The van der Waals surface area contributed by atoms with Gasteiger partial charge in [-0.05, 0) is 30.2 Å². The molecule has 1 aliphatic rings. The van der Waals surface area contributed by atoms with Gasteiger partial charge in [-0.3, -0.25) is 4.79 Å². The highest BCUT2D eigenvalue weighted by molar-refractivity contribution is 5.94. The summed E-state index contributed by atoms with van der Waals surface area (Å²) < 4.78 is 28.8. The van der Waals surface area contributed by atoms with Gasteiger partial charge in [0.15, 0.2) is 5.67 Å². The number of halogens is 2. The first-order valence-corrected chi connectivity index (χ1v) is 7.85. The van der Waals surface area contributed by atoms with Gasteiger partial charge in [0, 0.05) is 18.0 Å². The van der Waals surface area contributed by atoms with Crippen LogP contribution in [0, 0.1) is 12.7 Å². The predicted octanol–water partition coefficient (Wildman–Crippen LogP) is 3.07. The number of benzene rings is 2. The molecule has 0 aromatic heterocycles. The maximum absolute atomic E-state index is 15.1. The van der Waals surface area contributed by atoms with Gasteiger partial charge in [0.2, 0.25) is 0 Å². The lowest BCUT2D eigenvalue weighted by Crippen LogP contribution is -2.37. The Hall–Kier alpha value is -2.27. The van der Waals surface area contributed by atoms with E-state index in [0.29, 0.717) is 5.56 Å². The zero-order valence-corrected chi connectivity index (χ0v) is 13.4. The average molecular weight is 331 g/mol. The van der Waals surface area contributed by atoms with Gasteiger partial charge in [-0.1, -0.05) is 36.4 Å². The highest BCUT2D eigenvalue weighted by Crippen LogP contribution is 2.39. The van der Waals surface area contributed by atoms with Crippen molar-refractivity contribution in [3.05, 3.63) is 71.0 Å². The Balaban J connectivity index is 1.88. The lowest BCUT2D eigenvalue weighted by molar-refractivity contribution is 0.0575. The van der Waals surface area contributed by atoms with Crippen molar-refractivity contribution in [3.8, 4) is 0 Å². The van der Waals surface area contributed by atoms with E-state index in [9.17, 15) is 14.3 Å². The Morgan fingerprint density at radius 3 is 2.62 bits per heavy atom. The summed E-state index contributed by atoms with van der Waals surface area (Å²) in [7, 11) is 0. The molecule has 0 aliphatic carbocycles. The highest BCUT2D eigenvalue weighted by Gasteiger charge is 2.49. The van der Waals surface area contributed by atoms with E-state index in [0.717, 1.165) is 5.56 Å². The second-order valence-electron chi connectivity index (χ2n) is 6.31. The fourth-order valence-corrected chi connectivity index (χ4v) is 3.19. The molecule has 1 N–H and O–H groups in total. The van der Waals surface area contributed by atoms with Gasteiger partial charge in [-0.2, -0.15) is 0 Å². The normalized spacial score (nSPS) is 23.5. The minimum absolute atomic E-state index is 0.148. The molecule has 1 saturated heterocycles. The van der Waals surface area contributed by atoms with Crippen molar-refractivity contribution in [2.24, 2.45) is 0 Å². The number of nitrogens with zero attached hydrogens (tertiary/aromatic N) is 1. The number of alkyl halides is 1. The van der Waals surface area contributed by atoms with Crippen LogP contribution in [0.2, 0.25) is 0 Å². The molecule has 2 aromatic rings. The van der Waals surface area contributed by atoms with Crippen LogP contribution >= 0.6 is 0 Å². The van der Waals surface area contributed by atoms with Crippen molar-refractivity contribution in [1.29, 1.82) is 0 Å². The maximum Gasteiger partial charge on any atom is 0.254 e. The van der Waals surface area contributed by atoms with Gasteiger partial charge in [0.1, 0.15) is 5.82 Å². The van der Waals surface area contributed by atoms with E-state index in [1.807, 2.05) is 6.07 Å². The molecular weight excluding hydrogens is 312 g/mol. The topological polar surface area (TPSA) is 40.5 Å². The Bertz CT molecular complexity index is 750. The Morgan fingerprint density at radius 1 is 1.29 bits per heavy atom. The zero-order valence-electron chi connectivity index (χ0n) is 13.4. The standard InChI is InChI=1S/C19H19F2NO2/c1-13-7-8-15(9-17(13)20)18(24)22-10-16(19(21,11-22)12-23)14-5-3-2-4-6-14/h2-9,16,23H,10-12H2,1H3/t16-,19+/m1/s1. The van der Waals surface area contributed by atoms with Crippen LogP contribution in [0.15, 0.2) is 48.5 Å². The molecule has 0 unspecified atom stereocenters. The minimum atomic E-state index is -1.90. The molecule has 0 saturated carbocycles. The van der Waals surface area contributed by atoms with Gasteiger partial charge in [0.25, 0.3) is 5.91 Å². The highest BCUT2D eigenvalue weighted by atomic mass is 19.1. The van der Waals surface area contributed by atoms with Gasteiger partial charge in [-0.25, -0.2) is 8.78 Å². The molecule has 1 heterocycles. The van der Waals surface area contributed by atoms with Gasteiger partial charge >= 0.3 is 0 Å². The minimum Gasteiger partial charge on any atom is -0.393 e. The summed E-state index contributed by atoms with van der Waals surface area (Å²) in [4.78, 5) is 13.9. The monoisotopic (exact) mass is 331 g/mol. The fraction of sp³-hybridized carbons (Fsp3) is 0.316. The third-order valence-corrected chi connectivity index (χ3v) is 4.65. The van der Waals surface area contributed by atoms with Crippen molar-refractivity contribution in [2.75, 3.05) is 19.7 Å². The molecule has 5 heteroatoms. The molecular formula is C19H19F2NO2. The quantitative estimate of drug-likeness (QED) is 0.939. The van der Waals surface area contributed by atoms with Gasteiger partial charge < -0.3 is 10.0 Å². The van der Waals surface area contributed by atoms with Crippen molar-refractivity contribution in [1.82, 2.24) is 4.90 Å². The van der Waals surface area contributed by atoms with Crippen molar-refractivity contribution < 1.29 is 18.7 Å². The first kappa shape index (κ1) is 16.6. The lowest BCUT2D eigenvalue weighted by atomic mass is 9.87. The Kier molecular flexibility index (Phi) is 4.37. The van der Waals surface area contributed by atoms with Crippen LogP contribution in [0.25, 0.3) is 0 Å². The maximum atomic E-state index is 15.1. The number of aliphatic hydroxyl groups is 1. The molecule has 0 spiro atoms. The summed E-state index contributed by atoms with van der Waals surface area (Å²) in [5.74, 6) is -1.50. The third-order valence-electron chi connectivity index (χ3n) is 4.65. The van der Waals surface area contributed by atoms with E-state index in [4.69, 9.17) is 0 Å². The third kappa shape index (κ3) is 2.91. The number of aliphatic hydroxyl groups excluding tert-OH is 1. The Labute approximate surface area is 139 Å². The lowest BCUT2D eigenvalue weighted by Gasteiger charge is -2.23. The largest absolute Gasteiger partial charge is 0.393 e. The number of likely N-dealkylation sites (tertiary alicyclic amines) is 1. The van der Waals surface area contributed by atoms with E-state index >= 15 is 4.39 Å². The molecule has 1 amide bonds. The second kappa shape index (κ2) is 6.32. The van der Waals surface area contributed by atoms with E-state index in [2.05, 4.69) is 0 Å². The number of hydrogen-bond donors (Lipinski definition) is 1. The predicted molar refractivity (Wildman–Crippen MR) is 87.1 cm³/mol. The van der Waals surface area contributed by atoms with Crippen LogP contribution in [0.1, 0.15) is 27.4 Å². The summed E-state index contributed by atoms with van der Waals surface area (Å²) in [6.45, 7) is 0.884. The van der Waals surface area contributed by atoms with Crippen molar-refractivity contribution in [3.63, 3.8) is 0 Å². The first-order chi connectivity index (χ1) is 11.4. The SMILES string of the molecule is Cc1ccc(C(=O)N2C[C@H](c3ccccc3)[C@@](F)(CO)C2)cc1F. The number of amides is 1. The molecule has 2 atom stereocenters. The van der Waals surface area contributed by atoms with E-state index < -0.39 is 29.9 Å². The van der Waals surface area contributed by atoms with E-state index in [1.54, 1.807) is 31.2 Å². The number of rotatable bonds is 3. The molecule has 1 aliphatic heterocycles. The van der Waals surface area contributed by atoms with Crippen LogP contribution in [0.3, 0.4) is 0 Å². The summed E-state index contributed by atoms with van der Waals surface area (Å²) in [6.07, 6.45) is 0. The Morgan fingerprint density at radius 2 is 2.00 bits per heavy atom. The molecule has 2 aromatic carbocycles. The van der Waals surface area contributed by atoms with Crippen molar-refractivity contribution >= 4 is 5.91 Å². The molecule has 0 bridgehead atoms. The van der Waals surface area contributed by atoms with Crippen LogP contribution in [0.5, 0.6) is 0 Å². The molecule has 3 rings (SSSR count). The molecule has 0 radical (unpaired) electrons. The van der Waals surface area contributed by atoms with E-state index in [-0.39, 0.29) is 18.7 Å². The molecule has 126 valence electrons. The summed E-state index contributed by atoms with van der Waals surface area (Å²) in [6, 6.07) is 13.2. The molecule has 3 nitrogen and oxygen atoms in total. The number of aryl methyl sites for hydroxylation is 1. The average Bonchev–Trinajstić information content (AvgIpc) is 2.96. The number of carbonyl (C=O) groups excluding carboxylic acids is 1. The zero-order chi connectivity index (χ0) is 17.3. The first-order valence-electron chi connectivity index (χ1n) is 7.85.